The molecule has 2 amide bonds. The lowest BCUT2D eigenvalue weighted by atomic mass is 10.2. The van der Waals surface area contributed by atoms with Crippen LogP contribution in [0.4, 0.5) is 5.69 Å². The number of hydrogen-bond donors (Lipinski definition) is 2. The third-order valence-electron chi connectivity index (χ3n) is 4.39. The smallest absolute Gasteiger partial charge is 0.241 e. The highest BCUT2D eigenvalue weighted by Gasteiger charge is 2.26. The maximum atomic E-state index is 12.4. The molecule has 0 aliphatic carbocycles. The van der Waals surface area contributed by atoms with Crippen LogP contribution in [0, 0.1) is 0 Å². The van der Waals surface area contributed by atoms with Crippen LogP contribution in [0.2, 0.25) is 5.02 Å². The lowest BCUT2D eigenvalue weighted by molar-refractivity contribution is -0.124. The molecular formula is C18H27ClN4O2. The molecule has 2 rings (SSSR count). The van der Waals surface area contributed by atoms with Crippen LogP contribution in [-0.2, 0) is 9.59 Å². The van der Waals surface area contributed by atoms with Gasteiger partial charge < -0.3 is 10.6 Å². The normalized spacial score (nSPS) is 17.1. The van der Waals surface area contributed by atoms with Crippen molar-refractivity contribution in [3.05, 3.63) is 29.3 Å². The van der Waals surface area contributed by atoms with Crippen molar-refractivity contribution >= 4 is 29.1 Å². The second-order valence-electron chi connectivity index (χ2n) is 6.33. The Bertz CT molecular complexity index is 571. The van der Waals surface area contributed by atoms with Gasteiger partial charge in [-0.25, -0.2) is 0 Å². The molecule has 25 heavy (non-hydrogen) atoms. The molecule has 0 spiro atoms. The molecule has 1 aliphatic rings. The van der Waals surface area contributed by atoms with Gasteiger partial charge in [-0.3, -0.25) is 19.4 Å². The maximum absolute atomic E-state index is 12.4. The highest BCUT2D eigenvalue weighted by molar-refractivity contribution is 6.30. The molecule has 7 heteroatoms. The zero-order valence-corrected chi connectivity index (χ0v) is 15.7. The molecule has 0 bridgehead atoms. The number of carbonyl (C=O) groups excluding carboxylic acids is 2. The van der Waals surface area contributed by atoms with Gasteiger partial charge in [0, 0.05) is 43.4 Å². The molecule has 2 N–H and O–H groups in total. The van der Waals surface area contributed by atoms with E-state index in [9.17, 15) is 9.59 Å². The van der Waals surface area contributed by atoms with E-state index in [0.29, 0.717) is 11.6 Å². The second-order valence-corrected chi connectivity index (χ2v) is 6.77. The lowest BCUT2D eigenvalue weighted by Gasteiger charge is -2.37. The summed E-state index contributed by atoms with van der Waals surface area (Å²) < 4.78 is 0. The van der Waals surface area contributed by atoms with Crippen LogP contribution in [0.1, 0.15) is 20.3 Å². The summed E-state index contributed by atoms with van der Waals surface area (Å²) in [6.07, 6.45) is 0.944. The number of piperazine rings is 1. The predicted octanol–water partition coefficient (Wildman–Crippen LogP) is 1.81. The number of nitrogens with one attached hydrogen (secondary N) is 2. The zero-order chi connectivity index (χ0) is 18.2. The summed E-state index contributed by atoms with van der Waals surface area (Å²) in [4.78, 5) is 28.5. The topological polar surface area (TPSA) is 64.7 Å². The Morgan fingerprint density at radius 2 is 1.80 bits per heavy atom. The Morgan fingerprint density at radius 1 is 1.16 bits per heavy atom. The summed E-state index contributed by atoms with van der Waals surface area (Å²) >= 11 is 5.86. The van der Waals surface area contributed by atoms with Crippen molar-refractivity contribution in [2.75, 3.05) is 44.6 Å². The van der Waals surface area contributed by atoms with Gasteiger partial charge >= 0.3 is 0 Å². The average Bonchev–Trinajstić information content (AvgIpc) is 2.62. The predicted molar refractivity (Wildman–Crippen MR) is 101 cm³/mol. The van der Waals surface area contributed by atoms with Crippen LogP contribution in [0.3, 0.4) is 0 Å². The van der Waals surface area contributed by atoms with Crippen molar-refractivity contribution in [1.29, 1.82) is 0 Å². The Balaban J connectivity index is 1.76. The first-order valence-corrected chi connectivity index (χ1v) is 9.17. The van der Waals surface area contributed by atoms with Gasteiger partial charge in [0.25, 0.3) is 0 Å². The average molecular weight is 367 g/mol. The van der Waals surface area contributed by atoms with E-state index in [0.717, 1.165) is 44.8 Å². The summed E-state index contributed by atoms with van der Waals surface area (Å²) in [7, 11) is 0. The Hall–Kier alpha value is -1.63. The maximum Gasteiger partial charge on any atom is 0.241 e. The first-order valence-electron chi connectivity index (χ1n) is 8.79. The summed E-state index contributed by atoms with van der Waals surface area (Å²) in [5.41, 5.74) is 0.743. The Labute approximate surface area is 154 Å². The number of carbonyl (C=O) groups is 2. The highest BCUT2D eigenvalue weighted by Crippen LogP contribution is 2.15. The third kappa shape index (κ3) is 6.30. The molecule has 1 aromatic rings. The molecule has 0 radical (unpaired) electrons. The zero-order valence-electron chi connectivity index (χ0n) is 14.9. The van der Waals surface area contributed by atoms with Crippen LogP contribution in [0.15, 0.2) is 24.3 Å². The first kappa shape index (κ1) is 19.7. The van der Waals surface area contributed by atoms with Crippen LogP contribution in [0.25, 0.3) is 0 Å². The van der Waals surface area contributed by atoms with Crippen molar-refractivity contribution in [3.63, 3.8) is 0 Å². The van der Waals surface area contributed by atoms with Crippen LogP contribution < -0.4 is 10.6 Å². The van der Waals surface area contributed by atoms with E-state index < -0.39 is 0 Å². The van der Waals surface area contributed by atoms with Gasteiger partial charge in [-0.1, -0.05) is 18.5 Å². The molecule has 0 aromatic heterocycles. The summed E-state index contributed by atoms with van der Waals surface area (Å²) in [6, 6.07) is 6.88. The van der Waals surface area contributed by atoms with Crippen LogP contribution >= 0.6 is 11.6 Å². The van der Waals surface area contributed by atoms with E-state index in [1.807, 2.05) is 13.8 Å². The highest BCUT2D eigenvalue weighted by atomic mass is 35.5. The standard InChI is InChI=1S/C18H27ClN4O2/c1-3-8-20-17(24)13-22-9-11-23(12-10-22)14(2)18(25)21-16-6-4-15(19)5-7-16/h4-7,14H,3,8-13H2,1-2H3,(H,20,24)(H,21,25)/t14-/m0/s1. The van der Waals surface area contributed by atoms with Crippen molar-refractivity contribution in [2.45, 2.75) is 26.3 Å². The fourth-order valence-corrected chi connectivity index (χ4v) is 2.90. The minimum absolute atomic E-state index is 0.0311. The largest absolute Gasteiger partial charge is 0.355 e. The molecule has 6 nitrogen and oxygen atoms in total. The molecule has 1 atom stereocenters. The number of benzene rings is 1. The van der Waals surface area contributed by atoms with Gasteiger partial charge in [0.05, 0.1) is 12.6 Å². The fraction of sp³-hybridized carbons (Fsp3) is 0.556. The number of hydrogen-bond acceptors (Lipinski definition) is 4. The SMILES string of the molecule is CCCNC(=O)CN1CCN([C@@H](C)C(=O)Nc2ccc(Cl)cc2)CC1. The van der Waals surface area contributed by atoms with E-state index in [-0.39, 0.29) is 17.9 Å². The van der Waals surface area contributed by atoms with Gasteiger partial charge in [0.2, 0.25) is 11.8 Å². The van der Waals surface area contributed by atoms with Crippen LogP contribution in [0.5, 0.6) is 0 Å². The molecule has 1 fully saturated rings. The molecule has 138 valence electrons. The van der Waals surface area contributed by atoms with Crippen molar-refractivity contribution in [2.24, 2.45) is 0 Å². The molecule has 1 saturated heterocycles. The van der Waals surface area contributed by atoms with E-state index in [1.54, 1.807) is 24.3 Å². The number of rotatable bonds is 7. The number of halogens is 1. The monoisotopic (exact) mass is 366 g/mol. The molecule has 1 aliphatic heterocycles. The molecule has 1 aromatic carbocycles. The number of nitrogens with zero attached hydrogens (tertiary/aromatic N) is 2. The first-order chi connectivity index (χ1) is 12.0. The van der Waals surface area contributed by atoms with Crippen molar-refractivity contribution in [3.8, 4) is 0 Å². The van der Waals surface area contributed by atoms with E-state index in [1.165, 1.54) is 0 Å². The number of anilines is 1. The quantitative estimate of drug-likeness (QED) is 0.772. The van der Waals surface area contributed by atoms with Crippen molar-refractivity contribution < 1.29 is 9.59 Å². The van der Waals surface area contributed by atoms with Gasteiger partial charge in [-0.2, -0.15) is 0 Å². The number of amides is 2. The van der Waals surface area contributed by atoms with E-state index in [2.05, 4.69) is 20.4 Å². The Kier molecular flexibility index (Phi) is 7.68. The Morgan fingerprint density at radius 3 is 2.40 bits per heavy atom. The van der Waals surface area contributed by atoms with Crippen molar-refractivity contribution in [1.82, 2.24) is 15.1 Å². The second kappa shape index (κ2) is 9.75. The van der Waals surface area contributed by atoms with Gasteiger partial charge in [-0.05, 0) is 37.6 Å². The summed E-state index contributed by atoms with van der Waals surface area (Å²) in [6.45, 7) is 8.23. The molecule has 0 saturated carbocycles. The minimum Gasteiger partial charge on any atom is -0.355 e. The van der Waals surface area contributed by atoms with E-state index in [4.69, 9.17) is 11.6 Å². The summed E-state index contributed by atoms with van der Waals surface area (Å²) in [5, 5.41) is 6.45. The lowest BCUT2D eigenvalue weighted by Crippen LogP contribution is -2.54. The summed E-state index contributed by atoms with van der Waals surface area (Å²) in [5.74, 6) is 0.0419. The minimum atomic E-state index is -0.216. The third-order valence-corrected chi connectivity index (χ3v) is 4.64. The van der Waals surface area contributed by atoms with Gasteiger partial charge in [-0.15, -0.1) is 0 Å². The fourth-order valence-electron chi connectivity index (χ4n) is 2.78. The molecule has 1 heterocycles. The molecule has 0 unspecified atom stereocenters. The van der Waals surface area contributed by atoms with Gasteiger partial charge in [0.1, 0.15) is 0 Å². The van der Waals surface area contributed by atoms with E-state index >= 15 is 0 Å². The molecular weight excluding hydrogens is 340 g/mol. The van der Waals surface area contributed by atoms with Gasteiger partial charge in [0.15, 0.2) is 0 Å². The van der Waals surface area contributed by atoms with Crippen LogP contribution in [-0.4, -0.2) is 66.9 Å².